The van der Waals surface area contributed by atoms with Gasteiger partial charge in [-0.1, -0.05) is 12.1 Å². The van der Waals surface area contributed by atoms with E-state index in [0.717, 1.165) is 12.1 Å². The summed E-state index contributed by atoms with van der Waals surface area (Å²) in [7, 11) is 0. The first-order valence-corrected chi connectivity index (χ1v) is 9.49. The Kier molecular flexibility index (Phi) is 6.28. The molecule has 2 aliphatic heterocycles. The van der Waals surface area contributed by atoms with Crippen LogP contribution in [0.3, 0.4) is 0 Å². The van der Waals surface area contributed by atoms with Gasteiger partial charge in [0.1, 0.15) is 6.04 Å². The number of carbonyl (C=O) groups excluding carboxylic acids is 4. The van der Waals surface area contributed by atoms with Gasteiger partial charge in [-0.2, -0.15) is 13.2 Å². The minimum Gasteiger partial charge on any atom is -0.348 e. The first kappa shape index (κ1) is 21.6. The van der Waals surface area contributed by atoms with Crippen LogP contribution in [0.25, 0.3) is 0 Å². The van der Waals surface area contributed by atoms with Gasteiger partial charge in [0.2, 0.25) is 11.8 Å². The molecule has 2 aliphatic rings. The molecule has 0 spiro atoms. The van der Waals surface area contributed by atoms with Crippen molar-refractivity contribution in [2.45, 2.75) is 43.9 Å². The average molecular weight is 426 g/mol. The molecule has 1 aromatic carbocycles. The van der Waals surface area contributed by atoms with E-state index in [-0.39, 0.29) is 30.9 Å². The van der Waals surface area contributed by atoms with E-state index in [0.29, 0.717) is 19.4 Å². The van der Waals surface area contributed by atoms with E-state index >= 15 is 0 Å². The smallest absolute Gasteiger partial charge is 0.348 e. The molecule has 5 amide bonds. The van der Waals surface area contributed by atoms with Crippen LogP contribution in [0, 0.1) is 0 Å². The van der Waals surface area contributed by atoms with Gasteiger partial charge >= 0.3 is 12.2 Å². The zero-order valence-electron chi connectivity index (χ0n) is 15.9. The van der Waals surface area contributed by atoms with Gasteiger partial charge in [0.15, 0.2) is 0 Å². The molecule has 1 aromatic rings. The number of nitrogens with one attached hydrogen (secondary N) is 3. The second-order valence-corrected chi connectivity index (χ2v) is 7.24. The molecule has 2 saturated heterocycles. The van der Waals surface area contributed by atoms with Gasteiger partial charge in [0, 0.05) is 25.9 Å². The largest absolute Gasteiger partial charge is 0.416 e. The number of hydrogen-bond donors (Lipinski definition) is 3. The summed E-state index contributed by atoms with van der Waals surface area (Å²) in [5, 5.41) is 7.10. The third-order valence-electron chi connectivity index (χ3n) is 5.04. The Labute approximate surface area is 170 Å². The second-order valence-electron chi connectivity index (χ2n) is 7.24. The van der Waals surface area contributed by atoms with Crippen molar-refractivity contribution >= 4 is 23.8 Å². The van der Waals surface area contributed by atoms with Crippen LogP contribution in [-0.2, 0) is 20.6 Å². The standard InChI is InChI=1S/C19H21F3N4O4/c20-19(21,22)12-4-1-3-11(9-12)14(10-26-8-2-5-16(26)28)23-15(27)7-6-13-17(29)25-18(30)24-13/h1,3-4,9,13-14H,2,5-8,10H2,(H,23,27)(H2,24,25,29,30). The van der Waals surface area contributed by atoms with Gasteiger partial charge in [-0.3, -0.25) is 19.7 Å². The molecule has 0 aliphatic carbocycles. The number of benzene rings is 1. The fourth-order valence-corrected chi connectivity index (χ4v) is 3.49. The van der Waals surface area contributed by atoms with E-state index < -0.39 is 41.7 Å². The maximum absolute atomic E-state index is 13.1. The lowest BCUT2D eigenvalue weighted by Gasteiger charge is -2.26. The first-order valence-electron chi connectivity index (χ1n) is 9.49. The SMILES string of the molecule is O=C(CCC1NC(=O)NC1=O)NC(CN1CCCC1=O)c1cccc(C(F)(F)F)c1. The van der Waals surface area contributed by atoms with E-state index in [9.17, 15) is 32.3 Å². The van der Waals surface area contributed by atoms with Gasteiger partial charge < -0.3 is 15.5 Å². The molecule has 3 rings (SSSR count). The zero-order valence-corrected chi connectivity index (χ0v) is 15.9. The Morgan fingerprint density at radius 3 is 2.63 bits per heavy atom. The molecular weight excluding hydrogens is 405 g/mol. The summed E-state index contributed by atoms with van der Waals surface area (Å²) < 4.78 is 39.3. The molecule has 11 heteroatoms. The number of imide groups is 1. The molecule has 0 bridgehead atoms. The summed E-state index contributed by atoms with van der Waals surface area (Å²) in [6, 6.07) is 2.29. The summed E-state index contributed by atoms with van der Waals surface area (Å²) >= 11 is 0. The number of carbonyl (C=O) groups is 4. The lowest BCUT2D eigenvalue weighted by molar-refractivity contribution is -0.137. The van der Waals surface area contributed by atoms with E-state index in [1.165, 1.54) is 17.0 Å². The van der Waals surface area contributed by atoms with E-state index in [1.807, 2.05) is 0 Å². The number of nitrogens with zero attached hydrogens (tertiary/aromatic N) is 1. The van der Waals surface area contributed by atoms with Crippen LogP contribution in [-0.4, -0.2) is 47.8 Å². The van der Waals surface area contributed by atoms with Crippen LogP contribution in [0.5, 0.6) is 0 Å². The summed E-state index contributed by atoms with van der Waals surface area (Å²) in [6.45, 7) is 0.519. The molecule has 0 radical (unpaired) electrons. The molecule has 2 unspecified atom stereocenters. The van der Waals surface area contributed by atoms with Gasteiger partial charge in [-0.15, -0.1) is 0 Å². The monoisotopic (exact) mass is 426 g/mol. The van der Waals surface area contributed by atoms with E-state index in [4.69, 9.17) is 0 Å². The van der Waals surface area contributed by atoms with Crippen molar-refractivity contribution in [3.05, 3.63) is 35.4 Å². The Morgan fingerprint density at radius 1 is 1.27 bits per heavy atom. The highest BCUT2D eigenvalue weighted by Crippen LogP contribution is 2.31. The van der Waals surface area contributed by atoms with Crippen molar-refractivity contribution in [2.75, 3.05) is 13.1 Å². The van der Waals surface area contributed by atoms with Crippen molar-refractivity contribution in [1.82, 2.24) is 20.9 Å². The zero-order chi connectivity index (χ0) is 21.9. The third-order valence-corrected chi connectivity index (χ3v) is 5.04. The molecule has 3 N–H and O–H groups in total. The summed E-state index contributed by atoms with van der Waals surface area (Å²) in [5.41, 5.74) is -0.623. The lowest BCUT2D eigenvalue weighted by Crippen LogP contribution is -2.39. The normalized spacial score (nSPS) is 20.2. The van der Waals surface area contributed by atoms with E-state index in [2.05, 4.69) is 16.0 Å². The van der Waals surface area contributed by atoms with Crippen LogP contribution in [0.2, 0.25) is 0 Å². The molecule has 30 heavy (non-hydrogen) atoms. The van der Waals surface area contributed by atoms with Crippen molar-refractivity contribution < 1.29 is 32.3 Å². The minimum atomic E-state index is -4.54. The highest BCUT2D eigenvalue weighted by molar-refractivity contribution is 6.04. The molecule has 162 valence electrons. The number of amides is 5. The molecular formula is C19H21F3N4O4. The van der Waals surface area contributed by atoms with Gasteiger partial charge in [0.25, 0.3) is 5.91 Å². The lowest BCUT2D eigenvalue weighted by atomic mass is 10.0. The molecule has 8 nitrogen and oxygen atoms in total. The number of rotatable bonds is 7. The highest BCUT2D eigenvalue weighted by Gasteiger charge is 2.33. The number of hydrogen-bond acceptors (Lipinski definition) is 4. The highest BCUT2D eigenvalue weighted by atomic mass is 19.4. The van der Waals surface area contributed by atoms with Crippen LogP contribution >= 0.6 is 0 Å². The molecule has 2 heterocycles. The Hall–Kier alpha value is -3.11. The van der Waals surface area contributed by atoms with E-state index in [1.54, 1.807) is 0 Å². The van der Waals surface area contributed by atoms with Crippen molar-refractivity contribution in [3.63, 3.8) is 0 Å². The third kappa shape index (κ3) is 5.28. The maximum Gasteiger partial charge on any atom is 0.416 e. The summed E-state index contributed by atoms with van der Waals surface area (Å²) in [5.74, 6) is -1.16. The number of alkyl halides is 3. The first-order chi connectivity index (χ1) is 14.1. The molecule has 0 saturated carbocycles. The maximum atomic E-state index is 13.1. The van der Waals surface area contributed by atoms with Crippen molar-refractivity contribution in [2.24, 2.45) is 0 Å². The van der Waals surface area contributed by atoms with Crippen LogP contribution in [0.1, 0.15) is 42.9 Å². The van der Waals surface area contributed by atoms with Crippen LogP contribution in [0.15, 0.2) is 24.3 Å². The molecule has 2 atom stereocenters. The predicted molar refractivity (Wildman–Crippen MR) is 97.8 cm³/mol. The molecule has 0 aromatic heterocycles. The summed E-state index contributed by atoms with van der Waals surface area (Å²) in [4.78, 5) is 48.6. The van der Waals surface area contributed by atoms with Crippen LogP contribution in [0.4, 0.5) is 18.0 Å². The fourth-order valence-electron chi connectivity index (χ4n) is 3.49. The number of halogens is 3. The number of urea groups is 1. The molecule has 2 fully saturated rings. The van der Waals surface area contributed by atoms with Gasteiger partial charge in [0.05, 0.1) is 11.6 Å². The Balaban J connectivity index is 1.71. The minimum absolute atomic E-state index is 0.0430. The van der Waals surface area contributed by atoms with Crippen LogP contribution < -0.4 is 16.0 Å². The average Bonchev–Trinajstić information content (AvgIpc) is 3.23. The Morgan fingerprint density at radius 2 is 2.03 bits per heavy atom. The van der Waals surface area contributed by atoms with Gasteiger partial charge in [-0.05, 0) is 30.5 Å². The van der Waals surface area contributed by atoms with Crippen molar-refractivity contribution in [1.29, 1.82) is 0 Å². The number of likely N-dealkylation sites (tertiary alicyclic amines) is 1. The second kappa shape index (κ2) is 8.72. The topological polar surface area (TPSA) is 108 Å². The predicted octanol–water partition coefficient (Wildman–Crippen LogP) is 1.47. The Bertz CT molecular complexity index is 858. The van der Waals surface area contributed by atoms with Gasteiger partial charge in [-0.25, -0.2) is 4.79 Å². The fraction of sp³-hybridized carbons (Fsp3) is 0.474. The summed E-state index contributed by atoms with van der Waals surface area (Å²) in [6.07, 6.45) is -3.61. The van der Waals surface area contributed by atoms with Crippen molar-refractivity contribution in [3.8, 4) is 0 Å². The quantitative estimate of drug-likeness (QED) is 0.574.